The molecule has 1 aliphatic rings. The van der Waals surface area contributed by atoms with Crippen LogP contribution in [0.25, 0.3) is 17.4 Å². The average Bonchev–Trinajstić information content (AvgIpc) is 3.29. The minimum absolute atomic E-state index is 0.154. The molecule has 1 amide bonds. The van der Waals surface area contributed by atoms with E-state index in [0.717, 1.165) is 21.4 Å². The minimum atomic E-state index is -0.154. The van der Waals surface area contributed by atoms with Crippen LogP contribution in [-0.4, -0.2) is 30.1 Å². The number of methoxy groups -OCH3 is 1. The van der Waals surface area contributed by atoms with Crippen LogP contribution in [0.3, 0.4) is 0 Å². The molecule has 0 saturated carbocycles. The Labute approximate surface area is 197 Å². The Balaban J connectivity index is 1.62. The van der Waals surface area contributed by atoms with Crippen LogP contribution in [0.4, 0.5) is 5.69 Å². The number of thioether (sulfide) groups is 1. The van der Waals surface area contributed by atoms with E-state index >= 15 is 0 Å². The van der Waals surface area contributed by atoms with Crippen molar-refractivity contribution in [3.63, 3.8) is 0 Å². The number of amides is 1. The Hall–Kier alpha value is -2.48. The highest BCUT2D eigenvalue weighted by atomic mass is 79.9. The normalized spacial score (nSPS) is 16.5. The molecule has 0 bridgehead atoms. The van der Waals surface area contributed by atoms with Crippen LogP contribution in [0.1, 0.15) is 11.3 Å². The number of carbonyl (C=O) groups is 1. The fourth-order valence-electron chi connectivity index (χ4n) is 3.03. The third-order valence-electron chi connectivity index (χ3n) is 4.65. The van der Waals surface area contributed by atoms with Gasteiger partial charge in [0, 0.05) is 28.2 Å². The third kappa shape index (κ3) is 4.59. The molecule has 0 N–H and O–H groups in total. The van der Waals surface area contributed by atoms with Crippen molar-refractivity contribution in [2.75, 3.05) is 14.2 Å². The van der Waals surface area contributed by atoms with Crippen molar-refractivity contribution in [3.05, 3.63) is 74.3 Å². The Morgan fingerprint density at radius 2 is 2.00 bits per heavy atom. The summed E-state index contributed by atoms with van der Waals surface area (Å²) in [4.78, 5) is 19.3. The zero-order chi connectivity index (χ0) is 22.1. The van der Waals surface area contributed by atoms with Crippen molar-refractivity contribution in [1.29, 1.82) is 0 Å². The summed E-state index contributed by atoms with van der Waals surface area (Å²) in [6, 6.07) is 15.0. The molecule has 8 heteroatoms. The van der Waals surface area contributed by atoms with E-state index in [1.165, 1.54) is 16.7 Å². The molecule has 1 fully saturated rings. The number of aryl methyl sites for hydroxylation is 1. The van der Waals surface area contributed by atoms with E-state index in [2.05, 4.69) is 20.9 Å². The van der Waals surface area contributed by atoms with Crippen LogP contribution < -0.4 is 4.74 Å². The first-order valence-electron chi connectivity index (χ1n) is 9.32. The van der Waals surface area contributed by atoms with Crippen molar-refractivity contribution in [2.45, 2.75) is 6.92 Å². The highest BCUT2D eigenvalue weighted by Gasteiger charge is 2.31. The van der Waals surface area contributed by atoms with E-state index < -0.39 is 0 Å². The summed E-state index contributed by atoms with van der Waals surface area (Å²) in [7, 11) is 3.25. The van der Waals surface area contributed by atoms with Crippen molar-refractivity contribution < 1.29 is 13.9 Å². The fraction of sp³-hybridized carbons (Fsp3) is 0.130. The number of halogens is 2. The number of aliphatic imine (C=N–C) groups is 1. The summed E-state index contributed by atoms with van der Waals surface area (Å²) >= 11 is 10.9. The number of benzene rings is 2. The van der Waals surface area contributed by atoms with Gasteiger partial charge in [-0.15, -0.1) is 0 Å². The van der Waals surface area contributed by atoms with Gasteiger partial charge in [0.25, 0.3) is 5.91 Å². The fourth-order valence-corrected chi connectivity index (χ4v) is 4.84. The van der Waals surface area contributed by atoms with Gasteiger partial charge in [0.15, 0.2) is 5.17 Å². The van der Waals surface area contributed by atoms with Gasteiger partial charge in [-0.2, -0.15) is 0 Å². The molecule has 31 heavy (non-hydrogen) atoms. The second kappa shape index (κ2) is 8.94. The van der Waals surface area contributed by atoms with E-state index in [-0.39, 0.29) is 5.91 Å². The lowest BCUT2D eigenvalue weighted by Crippen LogP contribution is -2.23. The first-order chi connectivity index (χ1) is 14.9. The maximum absolute atomic E-state index is 12.7. The van der Waals surface area contributed by atoms with Crippen LogP contribution in [0.2, 0.25) is 5.02 Å². The molecule has 3 aromatic rings. The molecule has 1 aromatic heterocycles. The maximum Gasteiger partial charge on any atom is 0.266 e. The van der Waals surface area contributed by atoms with Crippen LogP contribution in [0.5, 0.6) is 5.75 Å². The topological polar surface area (TPSA) is 55.0 Å². The molecule has 0 aliphatic carbocycles. The Bertz CT molecular complexity index is 1240. The molecule has 0 radical (unpaired) electrons. The number of rotatable bonds is 4. The van der Waals surface area contributed by atoms with E-state index in [1.807, 2.05) is 37.3 Å². The molecule has 2 heterocycles. The highest BCUT2D eigenvalue weighted by Crippen LogP contribution is 2.37. The second-order valence-electron chi connectivity index (χ2n) is 6.87. The van der Waals surface area contributed by atoms with Gasteiger partial charge < -0.3 is 9.15 Å². The monoisotopic (exact) mass is 516 g/mol. The molecule has 4 rings (SSSR count). The SMILES string of the molecule is COc1ccc(Cl)cc1N=C1S/C(=C/c2ccc(-c3ccc(C)cc3Br)o2)C(=O)N1C. The first kappa shape index (κ1) is 21.7. The van der Waals surface area contributed by atoms with Gasteiger partial charge >= 0.3 is 0 Å². The van der Waals surface area contributed by atoms with Crippen molar-refractivity contribution >= 4 is 62.1 Å². The molecule has 158 valence electrons. The standard InChI is InChI=1S/C23H18BrClN2O3S/c1-13-4-7-16(17(24)10-13)19-9-6-15(30-19)12-21-22(28)27(2)23(31-21)26-18-11-14(25)5-8-20(18)29-3/h4-12H,1-3H3/b21-12+,26-23?. The Kier molecular flexibility index (Phi) is 6.27. The Morgan fingerprint density at radius 3 is 2.74 bits per heavy atom. The number of carbonyl (C=O) groups excluding carboxylic acids is 1. The summed E-state index contributed by atoms with van der Waals surface area (Å²) in [6.45, 7) is 2.03. The van der Waals surface area contributed by atoms with Crippen molar-refractivity contribution in [1.82, 2.24) is 4.90 Å². The molecule has 1 aliphatic heterocycles. The van der Waals surface area contributed by atoms with Crippen LogP contribution in [0, 0.1) is 6.92 Å². The van der Waals surface area contributed by atoms with Gasteiger partial charge in [-0.25, -0.2) is 4.99 Å². The van der Waals surface area contributed by atoms with Gasteiger partial charge in [0.2, 0.25) is 0 Å². The molecule has 2 aromatic carbocycles. The number of nitrogens with zero attached hydrogens (tertiary/aromatic N) is 2. The number of hydrogen-bond donors (Lipinski definition) is 0. The number of furan rings is 1. The third-order valence-corrected chi connectivity index (χ3v) is 6.60. The number of ether oxygens (including phenoxy) is 1. The number of likely N-dealkylation sites (N-methyl/N-ethyl adjacent to an activating group) is 1. The summed E-state index contributed by atoms with van der Waals surface area (Å²) in [6.07, 6.45) is 1.73. The zero-order valence-electron chi connectivity index (χ0n) is 17.0. The van der Waals surface area contributed by atoms with E-state index in [4.69, 9.17) is 20.8 Å². The van der Waals surface area contributed by atoms with Crippen LogP contribution in [0.15, 0.2) is 67.3 Å². The molecule has 5 nitrogen and oxygen atoms in total. The van der Waals surface area contributed by atoms with Crippen LogP contribution >= 0.6 is 39.3 Å². The second-order valence-corrected chi connectivity index (χ2v) is 9.17. The predicted molar refractivity (Wildman–Crippen MR) is 130 cm³/mol. The molecular formula is C23H18BrClN2O3S. The molecule has 0 unspecified atom stereocenters. The van der Waals surface area contributed by atoms with Crippen molar-refractivity contribution in [3.8, 4) is 17.1 Å². The summed E-state index contributed by atoms with van der Waals surface area (Å²) in [5.74, 6) is 1.74. The lowest BCUT2D eigenvalue weighted by Gasteiger charge is -2.09. The zero-order valence-corrected chi connectivity index (χ0v) is 20.1. The van der Waals surface area contributed by atoms with Gasteiger partial charge in [0.1, 0.15) is 23.0 Å². The van der Waals surface area contributed by atoms with Crippen molar-refractivity contribution in [2.24, 2.45) is 4.99 Å². The summed E-state index contributed by atoms with van der Waals surface area (Å²) in [5, 5.41) is 1.07. The molecule has 0 spiro atoms. The van der Waals surface area contributed by atoms with Crippen LogP contribution in [-0.2, 0) is 4.79 Å². The predicted octanol–water partition coefficient (Wildman–Crippen LogP) is 6.91. The lowest BCUT2D eigenvalue weighted by atomic mass is 10.1. The lowest BCUT2D eigenvalue weighted by molar-refractivity contribution is -0.121. The molecule has 0 atom stereocenters. The first-order valence-corrected chi connectivity index (χ1v) is 11.3. The van der Waals surface area contributed by atoms with E-state index in [0.29, 0.717) is 32.3 Å². The van der Waals surface area contributed by atoms with Gasteiger partial charge in [-0.3, -0.25) is 9.69 Å². The number of amidine groups is 1. The summed E-state index contributed by atoms with van der Waals surface area (Å²) < 4.78 is 12.3. The van der Waals surface area contributed by atoms with E-state index in [9.17, 15) is 4.79 Å². The average molecular weight is 518 g/mol. The molecule has 1 saturated heterocycles. The smallest absolute Gasteiger partial charge is 0.266 e. The maximum atomic E-state index is 12.7. The van der Waals surface area contributed by atoms with Gasteiger partial charge in [-0.1, -0.05) is 33.6 Å². The largest absolute Gasteiger partial charge is 0.494 e. The quantitative estimate of drug-likeness (QED) is 0.353. The molecular weight excluding hydrogens is 500 g/mol. The highest BCUT2D eigenvalue weighted by molar-refractivity contribution is 9.10. The Morgan fingerprint density at radius 1 is 1.19 bits per heavy atom. The van der Waals surface area contributed by atoms with Gasteiger partial charge in [-0.05, 0) is 66.7 Å². The number of hydrogen-bond acceptors (Lipinski definition) is 5. The minimum Gasteiger partial charge on any atom is -0.494 e. The summed E-state index contributed by atoms with van der Waals surface area (Å²) in [5.41, 5.74) is 2.67. The van der Waals surface area contributed by atoms with Gasteiger partial charge in [0.05, 0.1) is 12.0 Å². The van der Waals surface area contributed by atoms with E-state index in [1.54, 1.807) is 38.4 Å².